The summed E-state index contributed by atoms with van der Waals surface area (Å²) < 4.78 is 5.50. The minimum absolute atomic E-state index is 0.0113. The standard InChI is InChI=1S/C69H65BN2/c1-13-67(9,10)44-36-49-50-37-45(68(11,12)14-2)39-56-63(50)72-61(49)54(38-44)69(51-23-17-15-20-46(51)47-21-16-18-24-52(47)69)53-34-35-57-59(64(53)72)70(56)55-25-19-22-48-58(40-26-30-42(31-27-40)65(3,4)5)60(71(57)62(48)55)41-28-32-43(33-29-41)66(6,7)8/h15-39H,13-14H2,1-12H3. The molecule has 0 amide bonds. The lowest BCUT2D eigenvalue weighted by Gasteiger charge is -2.44. The average Bonchev–Trinajstić information content (AvgIpc) is 4.01. The van der Waals surface area contributed by atoms with E-state index in [1.165, 1.54) is 138 Å². The SMILES string of the molecule is CCC(C)(C)c1cc2c3c(c1)c1cc(C(C)(C)CC)cc4c1n3-c1c(ccc3c1B2c1cccc2c(-c5ccc(C(C)(C)C)cc5)c(-c5ccc(C(C)(C)C)cc5)n-3c12)C41c2ccccc2-c2ccccc21. The Morgan fingerprint density at radius 2 is 0.972 bits per heavy atom. The fourth-order valence-corrected chi connectivity index (χ4v) is 14.0. The number of hydrogen-bond donors (Lipinski definition) is 0. The van der Waals surface area contributed by atoms with Crippen molar-refractivity contribution in [1.82, 2.24) is 9.13 Å². The summed E-state index contributed by atoms with van der Waals surface area (Å²) in [6.45, 7) is 28.5. The van der Waals surface area contributed by atoms with Crippen LogP contribution in [-0.2, 0) is 27.1 Å². The molecule has 2 aromatic heterocycles. The summed E-state index contributed by atoms with van der Waals surface area (Å²) in [6, 6.07) is 60.7. The van der Waals surface area contributed by atoms with Gasteiger partial charge in [-0.2, -0.15) is 0 Å². The first kappa shape index (κ1) is 43.9. The van der Waals surface area contributed by atoms with Crippen molar-refractivity contribution in [3.05, 3.63) is 196 Å². The van der Waals surface area contributed by atoms with Gasteiger partial charge in [-0.25, -0.2) is 0 Å². The quantitative estimate of drug-likeness (QED) is 0.147. The summed E-state index contributed by atoms with van der Waals surface area (Å²) in [5.74, 6) is 0. The van der Waals surface area contributed by atoms with Crippen LogP contribution >= 0.6 is 0 Å². The summed E-state index contributed by atoms with van der Waals surface area (Å²) in [5, 5.41) is 4.08. The second kappa shape index (κ2) is 14.2. The summed E-state index contributed by atoms with van der Waals surface area (Å²) in [7, 11) is 0. The van der Waals surface area contributed by atoms with E-state index in [0.29, 0.717) is 0 Å². The smallest absolute Gasteiger partial charge is 0.252 e. The first-order chi connectivity index (χ1) is 34.4. The van der Waals surface area contributed by atoms with Gasteiger partial charge in [0.05, 0.1) is 16.6 Å². The molecule has 2 nitrogen and oxygen atoms in total. The van der Waals surface area contributed by atoms with Crippen LogP contribution in [0.3, 0.4) is 0 Å². The van der Waals surface area contributed by atoms with Gasteiger partial charge in [0.25, 0.3) is 6.71 Å². The Balaban J connectivity index is 1.20. The zero-order valence-electron chi connectivity index (χ0n) is 44.3. The van der Waals surface area contributed by atoms with Crippen molar-refractivity contribution in [3.63, 3.8) is 0 Å². The topological polar surface area (TPSA) is 9.86 Å². The number of para-hydroxylation sites is 1. The first-order valence-corrected chi connectivity index (χ1v) is 26.8. The highest BCUT2D eigenvalue weighted by Crippen LogP contribution is 2.62. The van der Waals surface area contributed by atoms with Gasteiger partial charge >= 0.3 is 0 Å². The van der Waals surface area contributed by atoms with Crippen LogP contribution in [0.1, 0.15) is 140 Å². The second-order valence-electron chi connectivity index (χ2n) is 25.3. The van der Waals surface area contributed by atoms with E-state index in [-0.39, 0.29) is 28.4 Å². The Morgan fingerprint density at radius 3 is 1.56 bits per heavy atom. The van der Waals surface area contributed by atoms with Crippen LogP contribution in [0.5, 0.6) is 0 Å². The molecular weight excluding hydrogens is 868 g/mol. The Kier molecular flexibility index (Phi) is 8.67. The zero-order valence-corrected chi connectivity index (χ0v) is 44.3. The molecule has 0 saturated heterocycles. The van der Waals surface area contributed by atoms with Crippen LogP contribution in [0.4, 0.5) is 0 Å². The molecule has 0 unspecified atom stereocenters. The molecule has 1 spiro atoms. The van der Waals surface area contributed by atoms with E-state index in [9.17, 15) is 0 Å². The van der Waals surface area contributed by atoms with E-state index in [1.54, 1.807) is 0 Å². The number of hydrogen-bond acceptors (Lipinski definition) is 0. The molecular formula is C69H65BN2. The van der Waals surface area contributed by atoms with Crippen molar-refractivity contribution < 1.29 is 0 Å². The van der Waals surface area contributed by atoms with E-state index >= 15 is 0 Å². The fraction of sp³-hybridized carbons (Fsp3) is 0.275. The van der Waals surface area contributed by atoms with Gasteiger partial charge in [-0.3, -0.25) is 0 Å². The Bertz CT molecular complexity index is 3960. The lowest BCUT2D eigenvalue weighted by atomic mass is 9.33. The van der Waals surface area contributed by atoms with Gasteiger partial charge in [0.1, 0.15) is 0 Å². The maximum Gasteiger partial charge on any atom is 0.252 e. The Morgan fingerprint density at radius 1 is 0.431 bits per heavy atom. The minimum atomic E-state index is -0.540. The van der Waals surface area contributed by atoms with E-state index in [4.69, 9.17) is 0 Å². The highest BCUT2D eigenvalue weighted by atomic mass is 15.1. The molecule has 5 heterocycles. The number of nitrogens with zero attached hydrogens (tertiary/aromatic N) is 2. The van der Waals surface area contributed by atoms with Gasteiger partial charge in [0.15, 0.2) is 0 Å². The molecule has 4 aliphatic rings. The van der Waals surface area contributed by atoms with Gasteiger partial charge in [-0.05, 0) is 136 Å². The maximum absolute atomic E-state index is 2.79. The number of aromatic nitrogens is 2. The molecule has 0 radical (unpaired) electrons. The third-order valence-corrected chi connectivity index (χ3v) is 18.7. The molecule has 0 fully saturated rings. The summed E-state index contributed by atoms with van der Waals surface area (Å²) >= 11 is 0. The molecule has 3 heteroatoms. The van der Waals surface area contributed by atoms with Crippen molar-refractivity contribution >= 4 is 55.8 Å². The molecule has 14 rings (SSSR count). The average molecular weight is 933 g/mol. The van der Waals surface area contributed by atoms with Crippen LogP contribution in [0.2, 0.25) is 0 Å². The van der Waals surface area contributed by atoms with Gasteiger partial charge in [-0.15, -0.1) is 0 Å². The van der Waals surface area contributed by atoms with Crippen LogP contribution in [0, 0.1) is 0 Å². The zero-order chi connectivity index (χ0) is 49.8. The molecule has 10 aromatic rings. The monoisotopic (exact) mass is 933 g/mol. The normalized spacial score (nSPS) is 14.9. The van der Waals surface area contributed by atoms with Gasteiger partial charge in [0.2, 0.25) is 0 Å². The predicted molar refractivity (Wildman–Crippen MR) is 308 cm³/mol. The largest absolute Gasteiger partial charge is 0.310 e. The Labute approximate surface area is 426 Å². The van der Waals surface area contributed by atoms with Crippen LogP contribution in [0.15, 0.2) is 152 Å². The van der Waals surface area contributed by atoms with Gasteiger partial charge in [0, 0.05) is 44.1 Å². The van der Waals surface area contributed by atoms with Crippen LogP contribution in [0.25, 0.3) is 77.6 Å². The summed E-state index contributed by atoms with van der Waals surface area (Å²) in [5.41, 5.74) is 29.3. The van der Waals surface area contributed by atoms with E-state index in [2.05, 4.69) is 244 Å². The third kappa shape index (κ3) is 5.42. The molecule has 3 aliphatic heterocycles. The molecule has 0 bridgehead atoms. The lowest BCUT2D eigenvalue weighted by molar-refractivity contribution is 0.505. The molecule has 72 heavy (non-hydrogen) atoms. The van der Waals surface area contributed by atoms with E-state index in [1.807, 2.05) is 0 Å². The number of fused-ring (bicyclic) bond motifs is 11. The van der Waals surface area contributed by atoms with Gasteiger partial charge < -0.3 is 9.13 Å². The van der Waals surface area contributed by atoms with E-state index in [0.717, 1.165) is 12.8 Å². The third-order valence-electron chi connectivity index (χ3n) is 18.7. The molecule has 354 valence electrons. The maximum atomic E-state index is 2.79. The Hall–Kier alpha value is -6.84. The fourth-order valence-electron chi connectivity index (χ4n) is 14.0. The highest BCUT2D eigenvalue weighted by Gasteiger charge is 2.55. The molecule has 0 N–H and O–H groups in total. The molecule has 0 saturated carbocycles. The van der Waals surface area contributed by atoms with Gasteiger partial charge in [-0.1, -0.05) is 217 Å². The molecule has 0 atom stereocenters. The van der Waals surface area contributed by atoms with Crippen molar-refractivity contribution in [2.24, 2.45) is 0 Å². The lowest BCUT2D eigenvalue weighted by Crippen LogP contribution is -2.60. The van der Waals surface area contributed by atoms with Crippen molar-refractivity contribution in [2.75, 3.05) is 0 Å². The summed E-state index contributed by atoms with van der Waals surface area (Å²) in [4.78, 5) is 0. The number of benzene rings is 8. The first-order valence-electron chi connectivity index (χ1n) is 26.8. The second-order valence-corrected chi connectivity index (χ2v) is 25.3. The molecule has 1 aliphatic carbocycles. The van der Waals surface area contributed by atoms with Crippen molar-refractivity contribution in [3.8, 4) is 44.9 Å². The predicted octanol–water partition coefficient (Wildman–Crippen LogP) is 15.9. The summed E-state index contributed by atoms with van der Waals surface area (Å²) in [6.07, 6.45) is 2.10. The van der Waals surface area contributed by atoms with Crippen molar-refractivity contribution in [1.29, 1.82) is 0 Å². The number of rotatable bonds is 6. The van der Waals surface area contributed by atoms with E-state index < -0.39 is 5.41 Å². The van der Waals surface area contributed by atoms with Crippen LogP contribution < -0.4 is 16.4 Å². The van der Waals surface area contributed by atoms with Crippen molar-refractivity contribution in [2.45, 2.75) is 123 Å². The molecule has 8 aromatic carbocycles. The minimum Gasteiger partial charge on any atom is -0.310 e. The van der Waals surface area contributed by atoms with Crippen LogP contribution in [-0.4, -0.2) is 15.8 Å². The highest BCUT2D eigenvalue weighted by molar-refractivity contribution is 7.00.